The first kappa shape index (κ1) is 14.9. The van der Waals surface area contributed by atoms with Crippen LogP contribution < -0.4 is 0 Å². The summed E-state index contributed by atoms with van der Waals surface area (Å²) in [5.41, 5.74) is -0.275. The molecular formula is C15H20F2N2O. The van der Waals surface area contributed by atoms with E-state index in [4.69, 9.17) is 0 Å². The third-order valence-electron chi connectivity index (χ3n) is 3.73. The summed E-state index contributed by atoms with van der Waals surface area (Å²) < 4.78 is 26.5. The lowest BCUT2D eigenvalue weighted by Gasteiger charge is -2.25. The Kier molecular flexibility index (Phi) is 4.68. The standard InChI is InChI=1S/C15H20F2N2O/c1-10(2)5-6-12-4-3-7-19(12)15(20)14-13(17)8-11(16)9-18-14/h8-10,12H,3-7H2,1-2H3/t12-/m1/s1. The van der Waals surface area contributed by atoms with E-state index in [0.29, 0.717) is 18.5 Å². The van der Waals surface area contributed by atoms with E-state index in [1.165, 1.54) is 0 Å². The van der Waals surface area contributed by atoms with Gasteiger partial charge in [0.15, 0.2) is 11.5 Å². The predicted octanol–water partition coefficient (Wildman–Crippen LogP) is 3.40. The van der Waals surface area contributed by atoms with Crippen LogP contribution in [-0.4, -0.2) is 28.4 Å². The number of carbonyl (C=O) groups is 1. The first-order chi connectivity index (χ1) is 9.49. The molecule has 0 radical (unpaired) electrons. The number of nitrogens with zero attached hydrogens (tertiary/aromatic N) is 2. The van der Waals surface area contributed by atoms with Crippen molar-refractivity contribution in [2.24, 2.45) is 5.92 Å². The molecule has 1 amide bonds. The molecule has 2 heterocycles. The van der Waals surface area contributed by atoms with Crippen molar-refractivity contribution in [3.05, 3.63) is 29.6 Å². The lowest BCUT2D eigenvalue weighted by atomic mass is 10.0. The van der Waals surface area contributed by atoms with Crippen molar-refractivity contribution < 1.29 is 13.6 Å². The summed E-state index contributed by atoms with van der Waals surface area (Å²) in [5.74, 6) is -1.50. The second-order valence-corrected chi connectivity index (χ2v) is 5.75. The average Bonchev–Trinajstić information content (AvgIpc) is 2.83. The van der Waals surface area contributed by atoms with E-state index in [9.17, 15) is 13.6 Å². The minimum absolute atomic E-state index is 0.149. The molecule has 0 bridgehead atoms. The molecule has 5 heteroatoms. The number of hydrogen-bond acceptors (Lipinski definition) is 2. The Morgan fingerprint density at radius 1 is 1.50 bits per heavy atom. The molecule has 1 atom stereocenters. The highest BCUT2D eigenvalue weighted by Gasteiger charge is 2.31. The van der Waals surface area contributed by atoms with Gasteiger partial charge in [0.25, 0.3) is 5.91 Å². The zero-order valence-electron chi connectivity index (χ0n) is 11.9. The molecule has 1 aliphatic heterocycles. The number of hydrogen-bond donors (Lipinski definition) is 0. The van der Waals surface area contributed by atoms with Gasteiger partial charge in [-0.25, -0.2) is 13.8 Å². The van der Waals surface area contributed by atoms with Crippen molar-refractivity contribution in [2.45, 2.75) is 45.6 Å². The van der Waals surface area contributed by atoms with E-state index in [1.54, 1.807) is 4.90 Å². The van der Waals surface area contributed by atoms with Crippen LogP contribution in [0.2, 0.25) is 0 Å². The van der Waals surface area contributed by atoms with Crippen LogP contribution in [-0.2, 0) is 0 Å². The summed E-state index contributed by atoms with van der Waals surface area (Å²) in [6, 6.07) is 0.857. The molecule has 1 aromatic rings. The number of rotatable bonds is 4. The van der Waals surface area contributed by atoms with E-state index in [1.807, 2.05) is 0 Å². The minimum atomic E-state index is -0.885. The molecule has 0 spiro atoms. The van der Waals surface area contributed by atoms with E-state index in [-0.39, 0.29) is 11.7 Å². The van der Waals surface area contributed by atoms with Crippen LogP contribution in [0, 0.1) is 17.6 Å². The van der Waals surface area contributed by atoms with Crippen LogP contribution in [0.15, 0.2) is 12.3 Å². The van der Waals surface area contributed by atoms with E-state index >= 15 is 0 Å². The highest BCUT2D eigenvalue weighted by molar-refractivity contribution is 5.92. The van der Waals surface area contributed by atoms with Crippen molar-refractivity contribution in [1.29, 1.82) is 0 Å². The van der Waals surface area contributed by atoms with Gasteiger partial charge in [-0.05, 0) is 31.6 Å². The summed E-state index contributed by atoms with van der Waals surface area (Å²) in [6.45, 7) is 4.91. The van der Waals surface area contributed by atoms with Crippen molar-refractivity contribution in [3.63, 3.8) is 0 Å². The monoisotopic (exact) mass is 282 g/mol. The van der Waals surface area contributed by atoms with E-state index in [2.05, 4.69) is 18.8 Å². The largest absolute Gasteiger partial charge is 0.334 e. The Labute approximate surface area is 118 Å². The summed E-state index contributed by atoms with van der Waals surface area (Å²) in [7, 11) is 0. The fraction of sp³-hybridized carbons (Fsp3) is 0.600. The molecule has 1 fully saturated rings. The molecule has 1 aliphatic rings. The van der Waals surface area contributed by atoms with Gasteiger partial charge >= 0.3 is 0 Å². The van der Waals surface area contributed by atoms with Crippen LogP contribution in [0.1, 0.15) is 50.0 Å². The topological polar surface area (TPSA) is 33.2 Å². The normalized spacial score (nSPS) is 18.9. The van der Waals surface area contributed by atoms with Crippen molar-refractivity contribution in [1.82, 2.24) is 9.88 Å². The van der Waals surface area contributed by atoms with Gasteiger partial charge in [-0.3, -0.25) is 4.79 Å². The third kappa shape index (κ3) is 3.32. The molecule has 20 heavy (non-hydrogen) atoms. The number of pyridine rings is 1. The van der Waals surface area contributed by atoms with Gasteiger partial charge < -0.3 is 4.90 Å². The third-order valence-corrected chi connectivity index (χ3v) is 3.73. The SMILES string of the molecule is CC(C)CC[C@H]1CCCN1C(=O)c1ncc(F)cc1F. The first-order valence-corrected chi connectivity index (χ1v) is 7.11. The maximum Gasteiger partial charge on any atom is 0.275 e. The van der Waals surface area contributed by atoms with E-state index < -0.39 is 17.5 Å². The molecule has 0 saturated carbocycles. The van der Waals surface area contributed by atoms with Gasteiger partial charge in [-0.2, -0.15) is 0 Å². The predicted molar refractivity (Wildman–Crippen MR) is 72.3 cm³/mol. The maximum atomic E-state index is 13.6. The van der Waals surface area contributed by atoms with Gasteiger partial charge in [-0.1, -0.05) is 13.8 Å². The van der Waals surface area contributed by atoms with Crippen LogP contribution in [0.5, 0.6) is 0 Å². The fourth-order valence-electron chi connectivity index (χ4n) is 2.64. The Hall–Kier alpha value is -1.52. The zero-order valence-corrected chi connectivity index (χ0v) is 11.9. The number of aromatic nitrogens is 1. The summed E-state index contributed by atoms with van der Waals surface area (Å²) in [4.78, 5) is 17.6. The Balaban J connectivity index is 2.10. The van der Waals surface area contributed by atoms with Gasteiger partial charge in [0.05, 0.1) is 6.20 Å². The summed E-state index contributed by atoms with van der Waals surface area (Å²) in [6.07, 6.45) is 4.72. The molecule has 110 valence electrons. The molecule has 1 saturated heterocycles. The van der Waals surface area contributed by atoms with Gasteiger partial charge in [-0.15, -0.1) is 0 Å². The molecule has 0 unspecified atom stereocenters. The smallest absolute Gasteiger partial charge is 0.275 e. The van der Waals surface area contributed by atoms with Crippen LogP contribution in [0.3, 0.4) is 0 Å². The Morgan fingerprint density at radius 3 is 2.90 bits per heavy atom. The highest BCUT2D eigenvalue weighted by Crippen LogP contribution is 2.25. The van der Waals surface area contributed by atoms with Crippen molar-refractivity contribution in [2.75, 3.05) is 6.54 Å². The zero-order chi connectivity index (χ0) is 14.7. The van der Waals surface area contributed by atoms with Crippen LogP contribution >= 0.6 is 0 Å². The van der Waals surface area contributed by atoms with Gasteiger partial charge in [0.1, 0.15) is 5.82 Å². The number of amides is 1. The quantitative estimate of drug-likeness (QED) is 0.848. The number of likely N-dealkylation sites (tertiary alicyclic amines) is 1. The first-order valence-electron chi connectivity index (χ1n) is 7.11. The van der Waals surface area contributed by atoms with Crippen LogP contribution in [0.25, 0.3) is 0 Å². The lowest BCUT2D eigenvalue weighted by molar-refractivity contribution is 0.0715. The number of carbonyl (C=O) groups excluding carboxylic acids is 1. The molecule has 0 N–H and O–H groups in total. The fourth-order valence-corrected chi connectivity index (χ4v) is 2.64. The molecule has 3 nitrogen and oxygen atoms in total. The molecular weight excluding hydrogens is 262 g/mol. The Morgan fingerprint density at radius 2 is 2.25 bits per heavy atom. The minimum Gasteiger partial charge on any atom is -0.334 e. The highest BCUT2D eigenvalue weighted by atomic mass is 19.1. The van der Waals surface area contributed by atoms with Gasteiger partial charge in [0.2, 0.25) is 0 Å². The summed E-state index contributed by atoms with van der Waals surface area (Å²) in [5, 5.41) is 0. The molecule has 1 aromatic heterocycles. The molecule has 0 aliphatic carbocycles. The lowest BCUT2D eigenvalue weighted by Crippen LogP contribution is -2.36. The number of halogens is 2. The summed E-state index contributed by atoms with van der Waals surface area (Å²) >= 11 is 0. The van der Waals surface area contributed by atoms with Gasteiger partial charge in [0, 0.05) is 18.7 Å². The second-order valence-electron chi connectivity index (χ2n) is 5.75. The average molecular weight is 282 g/mol. The molecule has 2 rings (SSSR count). The molecule has 0 aromatic carbocycles. The van der Waals surface area contributed by atoms with E-state index in [0.717, 1.165) is 31.9 Å². The van der Waals surface area contributed by atoms with Crippen molar-refractivity contribution in [3.8, 4) is 0 Å². The maximum absolute atomic E-state index is 13.6. The van der Waals surface area contributed by atoms with Crippen LogP contribution in [0.4, 0.5) is 8.78 Å². The Bertz CT molecular complexity index is 491. The second kappa shape index (κ2) is 6.29. The van der Waals surface area contributed by atoms with Crippen molar-refractivity contribution >= 4 is 5.91 Å².